The summed E-state index contributed by atoms with van der Waals surface area (Å²) in [6.45, 7) is 5.01. The van der Waals surface area contributed by atoms with Gasteiger partial charge < -0.3 is 14.7 Å². The van der Waals surface area contributed by atoms with Gasteiger partial charge in [-0.2, -0.15) is 0 Å². The molecule has 0 aromatic carbocycles. The lowest BCUT2D eigenvalue weighted by Gasteiger charge is -2.26. The zero-order chi connectivity index (χ0) is 10.1. The van der Waals surface area contributed by atoms with E-state index in [0.717, 1.165) is 6.54 Å². The van der Waals surface area contributed by atoms with E-state index in [1.54, 1.807) is 0 Å². The van der Waals surface area contributed by atoms with E-state index in [1.807, 2.05) is 25.8 Å². The third-order valence-corrected chi connectivity index (χ3v) is 2.27. The molecule has 0 aromatic heterocycles. The Balaban J connectivity index is 2.71. The Hall–Kier alpha value is -0.610. The van der Waals surface area contributed by atoms with Crippen LogP contribution in [0.2, 0.25) is 0 Å². The summed E-state index contributed by atoms with van der Waals surface area (Å²) in [4.78, 5) is 13.0. The van der Waals surface area contributed by atoms with Crippen LogP contribution in [0.15, 0.2) is 0 Å². The molecule has 76 valence electrons. The number of carboxylic acids is 1. The van der Waals surface area contributed by atoms with Crippen molar-refractivity contribution in [3.63, 3.8) is 0 Å². The Labute approximate surface area is 78.5 Å². The van der Waals surface area contributed by atoms with E-state index in [2.05, 4.69) is 0 Å². The molecule has 1 saturated heterocycles. The van der Waals surface area contributed by atoms with E-state index < -0.39 is 11.6 Å². The van der Waals surface area contributed by atoms with Gasteiger partial charge in [0.1, 0.15) is 0 Å². The highest BCUT2D eigenvalue weighted by atomic mass is 16.5. The van der Waals surface area contributed by atoms with Gasteiger partial charge in [0.2, 0.25) is 0 Å². The van der Waals surface area contributed by atoms with Gasteiger partial charge in [-0.1, -0.05) is 0 Å². The third-order valence-electron chi connectivity index (χ3n) is 2.27. The average molecular weight is 187 g/mol. The third kappa shape index (κ3) is 2.19. The summed E-state index contributed by atoms with van der Waals surface area (Å²) in [5.74, 6) is -0.842. The highest BCUT2D eigenvalue weighted by Gasteiger charge is 2.45. The summed E-state index contributed by atoms with van der Waals surface area (Å²) < 4.78 is 5.49. The second kappa shape index (κ2) is 3.64. The molecule has 13 heavy (non-hydrogen) atoms. The Bertz CT molecular complexity index is 205. The van der Waals surface area contributed by atoms with Crippen LogP contribution < -0.4 is 0 Å². The van der Waals surface area contributed by atoms with E-state index in [0.29, 0.717) is 13.0 Å². The van der Waals surface area contributed by atoms with Gasteiger partial charge in [-0.25, -0.2) is 4.79 Å². The van der Waals surface area contributed by atoms with Gasteiger partial charge in [-0.3, -0.25) is 0 Å². The van der Waals surface area contributed by atoms with Crippen molar-refractivity contribution in [3.05, 3.63) is 0 Å². The molecule has 0 spiro atoms. The topological polar surface area (TPSA) is 49.8 Å². The first-order valence-electron chi connectivity index (χ1n) is 4.56. The van der Waals surface area contributed by atoms with E-state index in [1.165, 1.54) is 0 Å². The van der Waals surface area contributed by atoms with Crippen LogP contribution in [-0.2, 0) is 9.53 Å². The number of hydrogen-bond acceptors (Lipinski definition) is 3. The van der Waals surface area contributed by atoms with Gasteiger partial charge in [0, 0.05) is 19.5 Å². The Morgan fingerprint density at radius 3 is 2.54 bits per heavy atom. The lowest BCUT2D eigenvalue weighted by Crippen LogP contribution is -2.45. The van der Waals surface area contributed by atoms with Crippen molar-refractivity contribution in [3.8, 4) is 0 Å². The van der Waals surface area contributed by atoms with Crippen molar-refractivity contribution < 1.29 is 14.6 Å². The van der Waals surface area contributed by atoms with Crippen LogP contribution in [0, 0.1) is 0 Å². The highest BCUT2D eigenvalue weighted by Crippen LogP contribution is 2.26. The molecule has 1 aliphatic rings. The number of aliphatic carboxylic acids is 1. The summed E-state index contributed by atoms with van der Waals surface area (Å²) >= 11 is 0. The number of carbonyl (C=O) groups is 1. The van der Waals surface area contributed by atoms with Crippen LogP contribution in [0.5, 0.6) is 0 Å². The maximum atomic E-state index is 11.1. The Morgan fingerprint density at radius 1 is 1.62 bits per heavy atom. The maximum absolute atomic E-state index is 11.1. The number of nitrogens with zero attached hydrogens (tertiary/aromatic N) is 1. The second-order valence-corrected chi connectivity index (χ2v) is 3.95. The minimum atomic E-state index is -0.969. The number of likely N-dealkylation sites (N-methyl/N-ethyl adjacent to an activating group) is 1. The first kappa shape index (κ1) is 10.5. The monoisotopic (exact) mass is 187 g/mol. The van der Waals surface area contributed by atoms with Crippen LogP contribution in [0.25, 0.3) is 0 Å². The molecule has 4 nitrogen and oxygen atoms in total. The summed E-state index contributed by atoms with van der Waals surface area (Å²) in [6.07, 6.45) is 0.541. The fourth-order valence-electron chi connectivity index (χ4n) is 1.74. The molecule has 4 heteroatoms. The average Bonchev–Trinajstić information content (AvgIpc) is 2.31. The molecule has 0 aliphatic carbocycles. The van der Waals surface area contributed by atoms with Crippen molar-refractivity contribution in [1.29, 1.82) is 0 Å². The molecule has 0 amide bonds. The standard InChI is InChI=1S/C9H17NO3/c1-7(2)13-9(8(11)12)4-5-10(3)6-9/h7H,4-6H2,1-3H3,(H,11,12). The number of carboxylic acid groups (broad SMARTS) is 1. The van der Waals surface area contributed by atoms with Crippen molar-refractivity contribution >= 4 is 5.97 Å². The second-order valence-electron chi connectivity index (χ2n) is 3.95. The van der Waals surface area contributed by atoms with Crippen molar-refractivity contribution in [1.82, 2.24) is 4.90 Å². The molecule has 1 N–H and O–H groups in total. The molecular formula is C9H17NO3. The largest absolute Gasteiger partial charge is 0.479 e. The number of ether oxygens (including phenoxy) is 1. The Morgan fingerprint density at radius 2 is 2.23 bits per heavy atom. The molecule has 0 saturated carbocycles. The molecule has 0 radical (unpaired) electrons. The molecule has 1 aliphatic heterocycles. The first-order valence-corrected chi connectivity index (χ1v) is 4.56. The smallest absolute Gasteiger partial charge is 0.337 e. The van der Waals surface area contributed by atoms with Crippen LogP contribution >= 0.6 is 0 Å². The fourth-order valence-corrected chi connectivity index (χ4v) is 1.74. The lowest BCUT2D eigenvalue weighted by molar-refractivity contribution is -0.169. The number of likely N-dealkylation sites (tertiary alicyclic amines) is 1. The van der Waals surface area contributed by atoms with Crippen LogP contribution in [0.4, 0.5) is 0 Å². The van der Waals surface area contributed by atoms with Crippen molar-refractivity contribution in [2.45, 2.75) is 32.0 Å². The van der Waals surface area contributed by atoms with E-state index in [9.17, 15) is 4.79 Å². The summed E-state index contributed by atoms with van der Waals surface area (Å²) in [6, 6.07) is 0. The van der Waals surface area contributed by atoms with Gasteiger partial charge in [-0.15, -0.1) is 0 Å². The van der Waals surface area contributed by atoms with Gasteiger partial charge in [0.25, 0.3) is 0 Å². The normalized spacial score (nSPS) is 29.8. The van der Waals surface area contributed by atoms with Gasteiger partial charge >= 0.3 is 5.97 Å². The summed E-state index contributed by atoms with van der Waals surface area (Å²) in [7, 11) is 1.91. The quantitative estimate of drug-likeness (QED) is 0.701. The predicted octanol–water partition coefficient (Wildman–Crippen LogP) is 0.570. The zero-order valence-electron chi connectivity index (χ0n) is 8.41. The number of rotatable bonds is 3. The molecule has 1 rings (SSSR count). The SMILES string of the molecule is CC(C)OC1(C(=O)O)CCN(C)C1. The van der Waals surface area contributed by atoms with Gasteiger partial charge in [0.15, 0.2) is 5.60 Å². The first-order chi connectivity index (χ1) is 5.96. The molecular weight excluding hydrogens is 170 g/mol. The Kier molecular flexibility index (Phi) is 2.93. The lowest BCUT2D eigenvalue weighted by atomic mass is 10.0. The molecule has 0 aromatic rings. The predicted molar refractivity (Wildman–Crippen MR) is 48.7 cm³/mol. The molecule has 1 fully saturated rings. The van der Waals surface area contributed by atoms with Crippen LogP contribution in [-0.4, -0.2) is 47.8 Å². The highest BCUT2D eigenvalue weighted by molar-refractivity contribution is 5.78. The minimum Gasteiger partial charge on any atom is -0.479 e. The van der Waals surface area contributed by atoms with Gasteiger partial charge in [-0.05, 0) is 20.9 Å². The van der Waals surface area contributed by atoms with Gasteiger partial charge in [0.05, 0.1) is 6.10 Å². The maximum Gasteiger partial charge on any atom is 0.337 e. The summed E-state index contributed by atoms with van der Waals surface area (Å²) in [5.41, 5.74) is -0.969. The van der Waals surface area contributed by atoms with Crippen LogP contribution in [0.1, 0.15) is 20.3 Å². The minimum absolute atomic E-state index is 0.0393. The molecule has 0 bridgehead atoms. The van der Waals surface area contributed by atoms with E-state index in [-0.39, 0.29) is 6.10 Å². The molecule has 1 unspecified atom stereocenters. The molecule has 1 heterocycles. The molecule has 1 atom stereocenters. The van der Waals surface area contributed by atoms with Crippen LogP contribution in [0.3, 0.4) is 0 Å². The number of hydrogen-bond donors (Lipinski definition) is 1. The van der Waals surface area contributed by atoms with E-state index >= 15 is 0 Å². The van der Waals surface area contributed by atoms with Crippen molar-refractivity contribution in [2.75, 3.05) is 20.1 Å². The van der Waals surface area contributed by atoms with E-state index in [4.69, 9.17) is 9.84 Å². The fraction of sp³-hybridized carbons (Fsp3) is 0.889. The summed E-state index contributed by atoms with van der Waals surface area (Å²) in [5, 5.41) is 9.08. The van der Waals surface area contributed by atoms with Crippen molar-refractivity contribution in [2.24, 2.45) is 0 Å². The zero-order valence-corrected chi connectivity index (χ0v) is 8.41.